The molecule has 0 spiro atoms. The summed E-state index contributed by atoms with van der Waals surface area (Å²) in [4.78, 5) is 0. The van der Waals surface area contributed by atoms with Gasteiger partial charge in [-0.15, -0.1) is 0 Å². The van der Waals surface area contributed by atoms with Crippen molar-refractivity contribution in [3.8, 4) is 0 Å². The first kappa shape index (κ1) is 26.8. The SMILES string of the molecule is CCCCCc1cc(F)c(CCc2ccc3c(F)c(CCc4cc(F)c(F)c(F)c4)ccc3c2)c(F)c1. The molecule has 4 rings (SSSR count). The molecular weight excluding hydrogens is 486 g/mol. The van der Waals surface area contributed by atoms with E-state index >= 15 is 4.39 Å². The summed E-state index contributed by atoms with van der Waals surface area (Å²) in [6.07, 6.45) is 4.50. The Kier molecular flexibility index (Phi) is 8.57. The van der Waals surface area contributed by atoms with E-state index in [1.807, 2.05) is 0 Å². The molecule has 0 radical (unpaired) electrons. The average molecular weight is 515 g/mol. The number of aryl methyl sites for hydroxylation is 4. The predicted octanol–water partition coefficient (Wildman–Crippen LogP) is 8.98. The van der Waals surface area contributed by atoms with E-state index in [2.05, 4.69) is 6.92 Å². The Labute approximate surface area is 213 Å². The summed E-state index contributed by atoms with van der Waals surface area (Å²) in [7, 11) is 0. The molecule has 0 heterocycles. The largest absolute Gasteiger partial charge is 0.207 e. The third kappa shape index (κ3) is 6.35. The molecule has 0 aromatic heterocycles. The Morgan fingerprint density at radius 1 is 0.514 bits per heavy atom. The first-order chi connectivity index (χ1) is 17.8. The summed E-state index contributed by atoms with van der Waals surface area (Å²) >= 11 is 0. The van der Waals surface area contributed by atoms with Crippen LogP contribution in [0.4, 0.5) is 26.3 Å². The zero-order valence-corrected chi connectivity index (χ0v) is 20.6. The second-order valence-corrected chi connectivity index (χ2v) is 9.46. The van der Waals surface area contributed by atoms with Crippen LogP contribution >= 0.6 is 0 Å². The van der Waals surface area contributed by atoms with Gasteiger partial charge in [0.1, 0.15) is 17.5 Å². The molecule has 0 unspecified atom stereocenters. The molecule has 4 aromatic rings. The van der Waals surface area contributed by atoms with Crippen molar-refractivity contribution < 1.29 is 26.3 Å². The molecule has 0 aliphatic carbocycles. The van der Waals surface area contributed by atoms with Crippen molar-refractivity contribution in [1.29, 1.82) is 0 Å². The van der Waals surface area contributed by atoms with Crippen LogP contribution in [0.15, 0.2) is 54.6 Å². The maximum absolute atomic E-state index is 15.1. The lowest BCUT2D eigenvalue weighted by Gasteiger charge is -2.11. The molecule has 0 N–H and O–H groups in total. The summed E-state index contributed by atoms with van der Waals surface area (Å²) < 4.78 is 84.3. The van der Waals surface area contributed by atoms with Gasteiger partial charge in [-0.2, -0.15) is 0 Å². The van der Waals surface area contributed by atoms with Gasteiger partial charge in [-0.3, -0.25) is 0 Å². The van der Waals surface area contributed by atoms with Gasteiger partial charge in [0.15, 0.2) is 17.5 Å². The van der Waals surface area contributed by atoms with Gasteiger partial charge >= 0.3 is 0 Å². The fourth-order valence-electron chi connectivity index (χ4n) is 4.65. The second-order valence-electron chi connectivity index (χ2n) is 9.46. The molecule has 4 aromatic carbocycles. The van der Waals surface area contributed by atoms with Crippen LogP contribution in [0.2, 0.25) is 0 Å². The van der Waals surface area contributed by atoms with Crippen molar-refractivity contribution in [2.45, 2.75) is 58.3 Å². The molecule has 0 aliphatic rings. The topological polar surface area (TPSA) is 0 Å². The van der Waals surface area contributed by atoms with E-state index in [1.54, 1.807) is 30.3 Å². The summed E-state index contributed by atoms with van der Waals surface area (Å²) in [6, 6.07) is 13.2. The Balaban J connectivity index is 1.44. The smallest absolute Gasteiger partial charge is 0.194 e. The van der Waals surface area contributed by atoms with E-state index in [9.17, 15) is 22.0 Å². The number of hydrogen-bond donors (Lipinski definition) is 0. The molecule has 0 saturated carbocycles. The van der Waals surface area contributed by atoms with E-state index in [4.69, 9.17) is 0 Å². The monoisotopic (exact) mass is 514 g/mol. The molecule has 0 atom stereocenters. The van der Waals surface area contributed by atoms with Gasteiger partial charge in [-0.25, -0.2) is 26.3 Å². The van der Waals surface area contributed by atoms with Gasteiger partial charge < -0.3 is 0 Å². The quantitative estimate of drug-likeness (QED) is 0.113. The third-order valence-electron chi connectivity index (χ3n) is 6.76. The minimum atomic E-state index is -1.53. The highest BCUT2D eigenvalue weighted by molar-refractivity contribution is 5.84. The zero-order valence-electron chi connectivity index (χ0n) is 20.6. The van der Waals surface area contributed by atoms with Crippen molar-refractivity contribution in [2.75, 3.05) is 0 Å². The molecule has 0 fully saturated rings. The molecule has 37 heavy (non-hydrogen) atoms. The lowest BCUT2D eigenvalue weighted by molar-refractivity contribution is 0.445. The summed E-state index contributed by atoms with van der Waals surface area (Å²) in [6.45, 7) is 2.08. The molecule has 194 valence electrons. The van der Waals surface area contributed by atoms with Crippen LogP contribution < -0.4 is 0 Å². The van der Waals surface area contributed by atoms with E-state index in [-0.39, 0.29) is 30.4 Å². The van der Waals surface area contributed by atoms with Crippen LogP contribution in [0.1, 0.15) is 54.0 Å². The minimum Gasteiger partial charge on any atom is -0.207 e. The molecule has 6 heteroatoms. The molecule has 0 aliphatic heterocycles. The van der Waals surface area contributed by atoms with Crippen LogP contribution in [0, 0.1) is 34.9 Å². The lowest BCUT2D eigenvalue weighted by atomic mass is 9.96. The van der Waals surface area contributed by atoms with Gasteiger partial charge in [-0.1, -0.05) is 50.1 Å². The van der Waals surface area contributed by atoms with Crippen molar-refractivity contribution in [3.05, 3.63) is 117 Å². The van der Waals surface area contributed by atoms with Crippen molar-refractivity contribution in [3.63, 3.8) is 0 Å². The van der Waals surface area contributed by atoms with Crippen molar-refractivity contribution in [1.82, 2.24) is 0 Å². The van der Waals surface area contributed by atoms with Gasteiger partial charge in [-0.05, 0) is 90.4 Å². The van der Waals surface area contributed by atoms with Crippen LogP contribution in [0.25, 0.3) is 10.8 Å². The fraction of sp³-hybridized carbons (Fsp3) is 0.290. The number of unbranched alkanes of at least 4 members (excludes halogenated alkanes) is 2. The van der Waals surface area contributed by atoms with Crippen LogP contribution in [-0.2, 0) is 32.1 Å². The maximum atomic E-state index is 15.1. The first-order valence-corrected chi connectivity index (χ1v) is 12.6. The number of hydrogen-bond acceptors (Lipinski definition) is 0. The Morgan fingerprint density at radius 2 is 1.14 bits per heavy atom. The third-order valence-corrected chi connectivity index (χ3v) is 6.76. The zero-order chi connectivity index (χ0) is 26.5. The number of rotatable bonds is 10. The van der Waals surface area contributed by atoms with Gasteiger partial charge in [0.25, 0.3) is 0 Å². The van der Waals surface area contributed by atoms with Crippen LogP contribution in [0.3, 0.4) is 0 Å². The molecule has 0 saturated heterocycles. The number of fused-ring (bicyclic) bond motifs is 1. The number of halogens is 6. The van der Waals surface area contributed by atoms with E-state index in [0.717, 1.165) is 37.0 Å². The predicted molar refractivity (Wildman–Crippen MR) is 135 cm³/mol. The standard InChI is InChI=1S/C31H28F6/c1-2-3-4-5-20-15-26(32)25(27(33)16-20)13-8-19-7-12-24-23(14-19)11-10-22(30(24)36)9-6-21-17-28(34)31(37)29(35)18-21/h7,10-12,14-18H,2-6,8-9,13H2,1H3. The summed E-state index contributed by atoms with van der Waals surface area (Å²) in [5.74, 6) is -5.59. The van der Waals surface area contributed by atoms with Crippen molar-refractivity contribution in [2.24, 2.45) is 0 Å². The van der Waals surface area contributed by atoms with Crippen molar-refractivity contribution >= 4 is 10.8 Å². The molecule has 0 nitrogen and oxygen atoms in total. The molecule has 0 amide bonds. The highest BCUT2D eigenvalue weighted by Gasteiger charge is 2.14. The number of benzene rings is 4. The normalized spacial score (nSPS) is 11.4. The molecular formula is C31H28F6. The van der Waals surface area contributed by atoms with E-state index in [1.165, 1.54) is 12.1 Å². The van der Waals surface area contributed by atoms with Gasteiger partial charge in [0.2, 0.25) is 0 Å². The van der Waals surface area contributed by atoms with Crippen LogP contribution in [0.5, 0.6) is 0 Å². The van der Waals surface area contributed by atoms with Crippen LogP contribution in [-0.4, -0.2) is 0 Å². The average Bonchev–Trinajstić information content (AvgIpc) is 2.86. The summed E-state index contributed by atoms with van der Waals surface area (Å²) in [5, 5.41) is 1.02. The Hall–Kier alpha value is -3.28. The summed E-state index contributed by atoms with van der Waals surface area (Å²) in [5.41, 5.74) is 2.14. The second kappa shape index (κ2) is 11.8. The fourth-order valence-corrected chi connectivity index (χ4v) is 4.65. The molecule has 0 bridgehead atoms. The first-order valence-electron chi connectivity index (χ1n) is 12.6. The van der Waals surface area contributed by atoms with E-state index < -0.39 is 34.9 Å². The maximum Gasteiger partial charge on any atom is 0.194 e. The highest BCUT2D eigenvalue weighted by Crippen LogP contribution is 2.26. The highest BCUT2D eigenvalue weighted by atomic mass is 19.2. The Bertz CT molecular complexity index is 1360. The Morgan fingerprint density at radius 3 is 1.81 bits per heavy atom. The minimum absolute atomic E-state index is 0.0505. The lowest BCUT2D eigenvalue weighted by Crippen LogP contribution is -2.02. The van der Waals surface area contributed by atoms with Gasteiger partial charge in [0.05, 0.1) is 0 Å². The van der Waals surface area contributed by atoms with Gasteiger partial charge in [0, 0.05) is 10.9 Å². The van der Waals surface area contributed by atoms with E-state index in [0.29, 0.717) is 34.7 Å².